The maximum Gasteiger partial charge on any atom is 0.263 e. The van der Waals surface area contributed by atoms with Crippen molar-refractivity contribution in [3.05, 3.63) is 24.3 Å². The molecule has 96 valence electrons. The summed E-state index contributed by atoms with van der Waals surface area (Å²) in [4.78, 5) is 0.332. The van der Waals surface area contributed by atoms with Crippen LogP contribution in [0.5, 0.6) is 0 Å². The fraction of sp³-hybridized carbons (Fsp3) is 0.333. The van der Waals surface area contributed by atoms with Crippen LogP contribution in [0.4, 0.5) is 0 Å². The van der Waals surface area contributed by atoms with Gasteiger partial charge in [0.2, 0.25) is 0 Å². The van der Waals surface area contributed by atoms with Crippen molar-refractivity contribution in [3.63, 3.8) is 0 Å². The summed E-state index contributed by atoms with van der Waals surface area (Å²) in [6.07, 6.45) is 0. The molecule has 0 heterocycles. The number of nitrogens with one attached hydrogen (secondary N) is 1. The van der Waals surface area contributed by atoms with Gasteiger partial charge in [-0.3, -0.25) is 0 Å². The van der Waals surface area contributed by atoms with E-state index in [0.29, 0.717) is 0 Å². The summed E-state index contributed by atoms with van der Waals surface area (Å²) in [6.45, 7) is 2.90. The van der Waals surface area contributed by atoms with Gasteiger partial charge >= 0.3 is 0 Å². The minimum Gasteiger partial charge on any atom is -0.302 e. The quantitative estimate of drug-likeness (QED) is 0.783. The molecule has 0 saturated carbocycles. The summed E-state index contributed by atoms with van der Waals surface area (Å²) in [6, 6.07) is 5.11. The molecule has 0 atom stereocenters. The molecule has 0 aliphatic rings. The third-order valence-electron chi connectivity index (χ3n) is 2.19. The Labute approximate surface area is 100 Å². The highest BCUT2D eigenvalue weighted by Crippen LogP contribution is 2.23. The molecule has 0 spiro atoms. The van der Waals surface area contributed by atoms with Crippen LogP contribution in [-0.2, 0) is 19.9 Å². The van der Waals surface area contributed by atoms with Gasteiger partial charge in [-0.25, -0.2) is 16.8 Å². The topological polar surface area (TPSA) is 101 Å². The Kier molecular flexibility index (Phi) is 3.92. The van der Waals surface area contributed by atoms with E-state index in [0.717, 1.165) is 11.0 Å². The molecule has 0 amide bonds. The molecular formula is C9H13NO5S2. The first-order valence-electron chi connectivity index (χ1n) is 4.72. The summed E-state index contributed by atoms with van der Waals surface area (Å²) >= 11 is 0. The third kappa shape index (κ3) is 2.65. The van der Waals surface area contributed by atoms with Gasteiger partial charge in [-0.05, 0) is 26.0 Å². The van der Waals surface area contributed by atoms with Crippen LogP contribution in [0.2, 0.25) is 0 Å². The van der Waals surface area contributed by atoms with Crippen LogP contribution >= 0.6 is 0 Å². The molecule has 0 aliphatic carbocycles. The number of rotatable bonds is 4. The van der Waals surface area contributed by atoms with Crippen molar-refractivity contribution in [1.82, 2.24) is 4.89 Å². The first-order valence-corrected chi connectivity index (χ1v) is 7.75. The third-order valence-corrected chi connectivity index (χ3v) is 5.70. The smallest absolute Gasteiger partial charge is 0.263 e. The van der Waals surface area contributed by atoms with Crippen LogP contribution in [0, 0.1) is 0 Å². The monoisotopic (exact) mass is 279 g/mol. The van der Waals surface area contributed by atoms with Crippen LogP contribution in [0.1, 0.15) is 13.8 Å². The van der Waals surface area contributed by atoms with Gasteiger partial charge in [0.1, 0.15) is 4.90 Å². The Morgan fingerprint density at radius 1 is 1.06 bits per heavy atom. The molecule has 0 aromatic heterocycles. The lowest BCUT2D eigenvalue weighted by molar-refractivity contribution is 0.242. The maximum absolute atomic E-state index is 11.9. The average Bonchev–Trinajstić information content (AvgIpc) is 2.29. The predicted octanol–water partition coefficient (Wildman–Crippen LogP) is 0.536. The zero-order valence-corrected chi connectivity index (χ0v) is 10.9. The Hall–Kier alpha value is -0.960. The van der Waals surface area contributed by atoms with E-state index < -0.39 is 30.0 Å². The van der Waals surface area contributed by atoms with Gasteiger partial charge in [0.25, 0.3) is 10.0 Å². The Bertz CT molecular complexity index is 604. The second-order valence-corrected chi connectivity index (χ2v) is 7.74. The van der Waals surface area contributed by atoms with Gasteiger partial charge < -0.3 is 5.21 Å². The van der Waals surface area contributed by atoms with Gasteiger partial charge in [0, 0.05) is 0 Å². The van der Waals surface area contributed by atoms with E-state index in [-0.39, 0.29) is 4.90 Å². The summed E-state index contributed by atoms with van der Waals surface area (Å²) in [5.41, 5.74) is 0. The Morgan fingerprint density at radius 3 is 1.94 bits per heavy atom. The Morgan fingerprint density at radius 2 is 1.53 bits per heavy atom. The number of benzene rings is 1. The molecule has 0 bridgehead atoms. The van der Waals surface area contributed by atoms with Gasteiger partial charge in [0.15, 0.2) is 9.84 Å². The van der Waals surface area contributed by atoms with Crippen molar-refractivity contribution in [2.75, 3.05) is 0 Å². The van der Waals surface area contributed by atoms with E-state index in [1.165, 1.54) is 32.0 Å². The lowest BCUT2D eigenvalue weighted by atomic mass is 10.4. The molecule has 1 aromatic rings. The van der Waals surface area contributed by atoms with Crippen molar-refractivity contribution in [1.29, 1.82) is 0 Å². The van der Waals surface area contributed by atoms with Crippen LogP contribution in [0.25, 0.3) is 0 Å². The first-order chi connectivity index (χ1) is 7.73. The summed E-state index contributed by atoms with van der Waals surface area (Å²) in [5.74, 6) is 0. The van der Waals surface area contributed by atoms with Crippen molar-refractivity contribution in [3.8, 4) is 0 Å². The molecule has 6 nitrogen and oxygen atoms in total. The van der Waals surface area contributed by atoms with Crippen LogP contribution in [-0.4, -0.2) is 27.3 Å². The fourth-order valence-corrected chi connectivity index (χ4v) is 3.70. The number of sulfone groups is 1. The van der Waals surface area contributed by atoms with Crippen molar-refractivity contribution in [2.45, 2.75) is 28.9 Å². The summed E-state index contributed by atoms with van der Waals surface area (Å²) < 4.78 is 46.8. The van der Waals surface area contributed by atoms with Crippen molar-refractivity contribution < 1.29 is 22.0 Å². The fourth-order valence-electron chi connectivity index (χ4n) is 1.21. The lowest BCUT2D eigenvalue weighted by Gasteiger charge is -2.12. The molecule has 17 heavy (non-hydrogen) atoms. The van der Waals surface area contributed by atoms with E-state index in [1.54, 1.807) is 0 Å². The number of hydrogen-bond donors (Lipinski definition) is 2. The maximum atomic E-state index is 11.9. The summed E-state index contributed by atoms with van der Waals surface area (Å²) in [7, 11) is -7.95. The average molecular weight is 279 g/mol. The van der Waals surface area contributed by atoms with E-state index in [4.69, 9.17) is 5.21 Å². The standard InChI is InChI=1S/C9H13NO5S2/c1-7(2)16(12,13)8-5-3-4-6-9(8)17(14,15)10-11/h3-7,10-11H,1-2H3. The molecule has 8 heteroatoms. The van der Waals surface area contributed by atoms with Crippen molar-refractivity contribution >= 4 is 19.9 Å². The second kappa shape index (κ2) is 4.73. The van der Waals surface area contributed by atoms with E-state index >= 15 is 0 Å². The zero-order valence-electron chi connectivity index (χ0n) is 9.28. The second-order valence-electron chi connectivity index (χ2n) is 3.64. The minimum absolute atomic E-state index is 0.323. The van der Waals surface area contributed by atoms with E-state index in [2.05, 4.69) is 0 Å². The molecule has 2 N–H and O–H groups in total. The Balaban J connectivity index is 3.59. The van der Waals surface area contributed by atoms with Gasteiger partial charge in [-0.2, -0.15) is 0 Å². The molecule has 0 fully saturated rings. The largest absolute Gasteiger partial charge is 0.302 e. The summed E-state index contributed by atoms with van der Waals surface area (Å²) in [5, 5.41) is 7.79. The normalized spacial score (nSPS) is 12.9. The highest BCUT2D eigenvalue weighted by Gasteiger charge is 2.27. The number of hydrogen-bond acceptors (Lipinski definition) is 5. The molecule has 0 saturated heterocycles. The van der Waals surface area contributed by atoms with Gasteiger partial charge in [0.05, 0.1) is 10.1 Å². The molecular weight excluding hydrogens is 266 g/mol. The van der Waals surface area contributed by atoms with Crippen LogP contribution < -0.4 is 4.89 Å². The SMILES string of the molecule is CC(C)S(=O)(=O)c1ccccc1S(=O)(=O)NO. The molecule has 0 unspecified atom stereocenters. The molecule has 0 aliphatic heterocycles. The van der Waals surface area contributed by atoms with Crippen LogP contribution in [0.15, 0.2) is 34.1 Å². The van der Waals surface area contributed by atoms with Gasteiger partial charge in [-0.1, -0.05) is 17.0 Å². The molecule has 1 aromatic carbocycles. The van der Waals surface area contributed by atoms with Crippen LogP contribution in [0.3, 0.4) is 0 Å². The van der Waals surface area contributed by atoms with Gasteiger partial charge in [-0.15, -0.1) is 0 Å². The first kappa shape index (κ1) is 14.1. The minimum atomic E-state index is -4.22. The highest BCUT2D eigenvalue weighted by molar-refractivity contribution is 7.94. The number of sulfonamides is 1. The molecule has 0 radical (unpaired) electrons. The highest BCUT2D eigenvalue weighted by atomic mass is 32.2. The van der Waals surface area contributed by atoms with E-state index in [1.807, 2.05) is 0 Å². The molecule has 1 rings (SSSR count). The predicted molar refractivity (Wildman–Crippen MR) is 60.9 cm³/mol. The van der Waals surface area contributed by atoms with E-state index in [9.17, 15) is 16.8 Å². The van der Waals surface area contributed by atoms with Crippen molar-refractivity contribution in [2.24, 2.45) is 0 Å². The lowest BCUT2D eigenvalue weighted by Crippen LogP contribution is -2.24. The zero-order chi connectivity index (χ0) is 13.3.